The first-order valence-electron chi connectivity index (χ1n) is 10.3. The Morgan fingerprint density at radius 1 is 1.12 bits per heavy atom. The van der Waals surface area contributed by atoms with E-state index < -0.39 is 6.04 Å². The summed E-state index contributed by atoms with van der Waals surface area (Å²) < 4.78 is 8.78. The molecule has 11 nitrogen and oxygen atoms in total. The molecule has 170 valence electrons. The summed E-state index contributed by atoms with van der Waals surface area (Å²) in [6.07, 6.45) is 2.86. The quantitative estimate of drug-likeness (QED) is 0.444. The largest absolute Gasteiger partial charge is 0.466 e. The van der Waals surface area contributed by atoms with Gasteiger partial charge in [-0.3, -0.25) is 9.59 Å². The molecule has 4 rings (SSSR count). The van der Waals surface area contributed by atoms with Gasteiger partial charge < -0.3 is 15.4 Å². The fraction of sp³-hybridized carbons (Fsp3) is 0.273. The Morgan fingerprint density at radius 3 is 2.48 bits per heavy atom. The lowest BCUT2D eigenvalue weighted by atomic mass is 10.2. The number of nitrogens with zero attached hydrogens (tertiary/aromatic N) is 6. The van der Waals surface area contributed by atoms with Crippen LogP contribution in [0.25, 0.3) is 11.0 Å². The number of rotatable bonds is 7. The van der Waals surface area contributed by atoms with Crippen LogP contribution in [-0.2, 0) is 16.6 Å². The highest BCUT2D eigenvalue weighted by molar-refractivity contribution is 5.95. The van der Waals surface area contributed by atoms with Crippen molar-refractivity contribution in [3.63, 3.8) is 0 Å². The van der Waals surface area contributed by atoms with E-state index in [1.807, 2.05) is 19.9 Å². The number of pyridine rings is 1. The first kappa shape index (κ1) is 21.9. The van der Waals surface area contributed by atoms with Gasteiger partial charge in [0.15, 0.2) is 12.3 Å². The number of amides is 2. The number of fused-ring (bicyclic) bond motifs is 1. The maximum absolute atomic E-state index is 12.4. The Bertz CT molecular complexity index is 1300. The summed E-state index contributed by atoms with van der Waals surface area (Å²) in [5, 5.41) is 14.7. The number of anilines is 2. The van der Waals surface area contributed by atoms with Crippen molar-refractivity contribution in [2.24, 2.45) is 7.05 Å². The molecule has 0 aliphatic carbocycles. The molecule has 2 amide bonds. The van der Waals surface area contributed by atoms with Crippen molar-refractivity contribution in [1.82, 2.24) is 29.5 Å². The number of benzene rings is 1. The second-order valence-electron chi connectivity index (χ2n) is 7.66. The van der Waals surface area contributed by atoms with Crippen molar-refractivity contribution in [2.45, 2.75) is 26.8 Å². The Balaban J connectivity index is 1.34. The standard InChI is InChI=1S/C22H24N8O3/c1-13-9-14(2)25-20-19(13)22(28-29(20)4)33-10-18(31)26-16-5-7-17(8-6-16)27-21(32)15(3)30-12-23-11-24-30/h5-9,11-12,15H,10H2,1-4H3,(H,26,31)(H,27,32). The molecule has 11 heteroatoms. The van der Waals surface area contributed by atoms with Crippen molar-refractivity contribution >= 4 is 34.2 Å². The predicted octanol–water partition coefficient (Wildman–Crippen LogP) is 2.39. The van der Waals surface area contributed by atoms with E-state index in [1.165, 1.54) is 17.3 Å². The van der Waals surface area contributed by atoms with E-state index in [9.17, 15) is 9.59 Å². The molecule has 33 heavy (non-hydrogen) atoms. The third kappa shape index (κ3) is 4.81. The van der Waals surface area contributed by atoms with Gasteiger partial charge in [-0.25, -0.2) is 19.3 Å². The van der Waals surface area contributed by atoms with E-state index in [0.717, 1.165) is 16.6 Å². The molecule has 1 aromatic carbocycles. The monoisotopic (exact) mass is 448 g/mol. The predicted molar refractivity (Wildman–Crippen MR) is 122 cm³/mol. The van der Waals surface area contributed by atoms with Crippen LogP contribution in [0.1, 0.15) is 24.2 Å². The van der Waals surface area contributed by atoms with Gasteiger partial charge in [-0.1, -0.05) is 0 Å². The van der Waals surface area contributed by atoms with E-state index in [2.05, 4.69) is 30.8 Å². The van der Waals surface area contributed by atoms with Crippen LogP contribution in [0.3, 0.4) is 0 Å². The van der Waals surface area contributed by atoms with E-state index in [4.69, 9.17) is 4.74 Å². The molecule has 0 saturated carbocycles. The summed E-state index contributed by atoms with van der Waals surface area (Å²) in [7, 11) is 1.79. The molecule has 0 bridgehead atoms. The number of aromatic nitrogens is 6. The fourth-order valence-corrected chi connectivity index (χ4v) is 3.40. The van der Waals surface area contributed by atoms with Crippen LogP contribution in [0.2, 0.25) is 0 Å². The van der Waals surface area contributed by atoms with Gasteiger partial charge in [0.1, 0.15) is 18.7 Å². The van der Waals surface area contributed by atoms with Gasteiger partial charge in [-0.05, 0) is 56.7 Å². The van der Waals surface area contributed by atoms with Crippen molar-refractivity contribution in [2.75, 3.05) is 17.2 Å². The zero-order chi connectivity index (χ0) is 23.5. The smallest absolute Gasteiger partial charge is 0.262 e. The van der Waals surface area contributed by atoms with Gasteiger partial charge >= 0.3 is 0 Å². The van der Waals surface area contributed by atoms with Crippen LogP contribution in [-0.4, -0.2) is 48.0 Å². The third-order valence-corrected chi connectivity index (χ3v) is 5.08. The Hall–Kier alpha value is -4.28. The molecule has 4 aromatic rings. The molecule has 0 radical (unpaired) electrons. The highest BCUT2D eigenvalue weighted by atomic mass is 16.5. The minimum atomic E-state index is -0.505. The summed E-state index contributed by atoms with van der Waals surface area (Å²) in [5.74, 6) is -0.191. The van der Waals surface area contributed by atoms with Crippen molar-refractivity contribution in [1.29, 1.82) is 0 Å². The van der Waals surface area contributed by atoms with Crippen LogP contribution in [0.4, 0.5) is 11.4 Å². The minimum Gasteiger partial charge on any atom is -0.466 e. The lowest BCUT2D eigenvalue weighted by Crippen LogP contribution is -2.24. The number of hydrogen-bond acceptors (Lipinski definition) is 7. The van der Waals surface area contributed by atoms with Gasteiger partial charge in [0.25, 0.3) is 5.91 Å². The van der Waals surface area contributed by atoms with Crippen LogP contribution in [0.15, 0.2) is 43.0 Å². The summed E-state index contributed by atoms with van der Waals surface area (Å²) in [4.78, 5) is 33.0. The van der Waals surface area contributed by atoms with Crippen LogP contribution < -0.4 is 15.4 Å². The number of aryl methyl sites for hydroxylation is 3. The van der Waals surface area contributed by atoms with Gasteiger partial charge in [0, 0.05) is 24.1 Å². The topological polar surface area (TPSA) is 129 Å². The molecule has 0 aliphatic heterocycles. The maximum Gasteiger partial charge on any atom is 0.262 e. The summed E-state index contributed by atoms with van der Waals surface area (Å²) >= 11 is 0. The molecule has 2 N–H and O–H groups in total. The average Bonchev–Trinajstić information content (AvgIpc) is 3.42. The molecule has 3 heterocycles. The maximum atomic E-state index is 12.4. The SMILES string of the molecule is Cc1cc(C)c2c(OCC(=O)Nc3ccc(NC(=O)C(C)n4cncn4)cc3)nn(C)c2n1. The number of hydrogen-bond donors (Lipinski definition) is 2. The van der Waals surface area contributed by atoms with Gasteiger partial charge in [-0.2, -0.15) is 5.10 Å². The highest BCUT2D eigenvalue weighted by Gasteiger charge is 2.17. The van der Waals surface area contributed by atoms with Crippen molar-refractivity contribution in [3.8, 4) is 5.88 Å². The van der Waals surface area contributed by atoms with E-state index >= 15 is 0 Å². The third-order valence-electron chi connectivity index (χ3n) is 5.08. The summed E-state index contributed by atoms with van der Waals surface area (Å²) in [6.45, 7) is 5.40. The van der Waals surface area contributed by atoms with Crippen molar-refractivity contribution < 1.29 is 14.3 Å². The van der Waals surface area contributed by atoms with Crippen LogP contribution >= 0.6 is 0 Å². The zero-order valence-electron chi connectivity index (χ0n) is 18.7. The minimum absolute atomic E-state index is 0.201. The highest BCUT2D eigenvalue weighted by Crippen LogP contribution is 2.27. The normalized spacial score (nSPS) is 11.9. The first-order chi connectivity index (χ1) is 15.8. The second-order valence-corrected chi connectivity index (χ2v) is 7.66. The molecular weight excluding hydrogens is 424 g/mol. The first-order valence-corrected chi connectivity index (χ1v) is 10.3. The fourth-order valence-electron chi connectivity index (χ4n) is 3.40. The van der Waals surface area contributed by atoms with Gasteiger partial charge in [0.05, 0.1) is 5.39 Å². The molecule has 0 aliphatic rings. The molecular formula is C22H24N8O3. The zero-order valence-corrected chi connectivity index (χ0v) is 18.7. The Labute approximate surface area is 189 Å². The van der Waals surface area contributed by atoms with Crippen molar-refractivity contribution in [3.05, 3.63) is 54.2 Å². The number of ether oxygens (including phenoxy) is 1. The van der Waals surface area contributed by atoms with E-state index in [1.54, 1.807) is 42.9 Å². The Kier molecular flexibility index (Phi) is 6.03. The molecule has 0 saturated heterocycles. The van der Waals surface area contributed by atoms with Gasteiger partial charge in [-0.15, -0.1) is 5.10 Å². The second kappa shape index (κ2) is 9.07. The van der Waals surface area contributed by atoms with Crippen LogP contribution in [0, 0.1) is 13.8 Å². The summed E-state index contributed by atoms with van der Waals surface area (Å²) in [6, 6.07) is 8.23. The Morgan fingerprint density at radius 2 is 1.82 bits per heavy atom. The molecule has 0 fully saturated rings. The van der Waals surface area contributed by atoms with Gasteiger partial charge in [0.2, 0.25) is 11.8 Å². The lowest BCUT2D eigenvalue weighted by Gasteiger charge is -2.12. The van der Waals surface area contributed by atoms with E-state index in [-0.39, 0.29) is 18.4 Å². The van der Waals surface area contributed by atoms with Crippen LogP contribution in [0.5, 0.6) is 5.88 Å². The molecule has 0 spiro atoms. The molecule has 1 atom stereocenters. The average molecular weight is 448 g/mol. The summed E-state index contributed by atoms with van der Waals surface area (Å²) in [5.41, 5.74) is 3.75. The van der Waals surface area contributed by atoms with E-state index in [0.29, 0.717) is 22.9 Å². The number of nitrogens with one attached hydrogen (secondary N) is 2. The number of carbonyl (C=O) groups excluding carboxylic acids is 2. The molecule has 1 unspecified atom stereocenters. The number of carbonyl (C=O) groups is 2. The lowest BCUT2D eigenvalue weighted by molar-refractivity contribution is -0.119. The molecule has 3 aromatic heterocycles.